The average Bonchev–Trinajstić information content (AvgIpc) is 2.91. The van der Waals surface area contributed by atoms with Gasteiger partial charge in [-0.05, 0) is 36.4 Å². The molecule has 0 spiro atoms. The number of hydrogen-bond acceptors (Lipinski definition) is 3. The number of hydrogen-bond donors (Lipinski definition) is 1. The minimum atomic E-state index is -3.60. The van der Waals surface area contributed by atoms with Gasteiger partial charge in [0, 0.05) is 41.1 Å². The normalized spacial score (nSPS) is 12.0. The van der Waals surface area contributed by atoms with Gasteiger partial charge >= 0.3 is 0 Å². The second-order valence-corrected chi connectivity index (χ2v) is 8.65. The van der Waals surface area contributed by atoms with Gasteiger partial charge in [-0.1, -0.05) is 23.2 Å². The van der Waals surface area contributed by atoms with Gasteiger partial charge in [-0.15, -0.1) is 0 Å². The van der Waals surface area contributed by atoms with Gasteiger partial charge in [0.25, 0.3) is 0 Å². The standard InChI is InChI=1S/C17H14Cl2N2O3S/c1-21(2)25(23,24)11-4-6-16-13(8-11)14(9-22)17(20-16)12-5-3-10(18)7-15(12)19/h3-9,20H,1-2H3. The lowest BCUT2D eigenvalue weighted by atomic mass is 10.1. The molecule has 5 nitrogen and oxygen atoms in total. The summed E-state index contributed by atoms with van der Waals surface area (Å²) in [5, 5.41) is 1.39. The second kappa shape index (κ2) is 6.46. The van der Waals surface area contributed by atoms with Gasteiger partial charge in [0.05, 0.1) is 15.6 Å². The fourth-order valence-electron chi connectivity index (χ4n) is 2.59. The maximum atomic E-state index is 12.3. The summed E-state index contributed by atoms with van der Waals surface area (Å²) in [5.74, 6) is 0. The van der Waals surface area contributed by atoms with Gasteiger partial charge in [-0.2, -0.15) is 0 Å². The zero-order chi connectivity index (χ0) is 18.4. The molecule has 0 aliphatic rings. The van der Waals surface area contributed by atoms with Crippen LogP contribution in [0, 0.1) is 0 Å². The van der Waals surface area contributed by atoms with Crippen LogP contribution in [0.2, 0.25) is 10.0 Å². The maximum Gasteiger partial charge on any atom is 0.242 e. The van der Waals surface area contributed by atoms with Gasteiger partial charge in [0.2, 0.25) is 10.0 Å². The number of aromatic nitrogens is 1. The van der Waals surface area contributed by atoms with Crippen LogP contribution in [0.1, 0.15) is 10.4 Å². The van der Waals surface area contributed by atoms with Crippen LogP contribution >= 0.6 is 23.2 Å². The highest BCUT2D eigenvalue weighted by atomic mass is 35.5. The number of aldehydes is 1. The van der Waals surface area contributed by atoms with Crippen molar-refractivity contribution in [2.24, 2.45) is 0 Å². The monoisotopic (exact) mass is 396 g/mol. The summed E-state index contributed by atoms with van der Waals surface area (Å²) in [6.45, 7) is 0. The van der Waals surface area contributed by atoms with Gasteiger partial charge in [-0.25, -0.2) is 12.7 Å². The molecule has 25 heavy (non-hydrogen) atoms. The number of carbonyl (C=O) groups excluding carboxylic acids is 1. The number of sulfonamides is 1. The Kier molecular flexibility index (Phi) is 4.64. The topological polar surface area (TPSA) is 70.2 Å². The third-order valence-corrected chi connectivity index (χ3v) is 6.27. The molecule has 1 N–H and O–H groups in total. The number of benzene rings is 2. The molecule has 0 atom stereocenters. The zero-order valence-corrected chi connectivity index (χ0v) is 15.7. The fourth-order valence-corrected chi connectivity index (χ4v) is 4.02. The number of carbonyl (C=O) groups is 1. The first kappa shape index (κ1) is 17.9. The lowest BCUT2D eigenvalue weighted by Crippen LogP contribution is -2.22. The lowest BCUT2D eigenvalue weighted by molar-refractivity contribution is 0.112. The van der Waals surface area contributed by atoms with Crippen LogP contribution in [0.15, 0.2) is 41.3 Å². The number of aromatic amines is 1. The molecule has 3 aromatic rings. The summed E-state index contributed by atoms with van der Waals surface area (Å²) >= 11 is 12.2. The third-order valence-electron chi connectivity index (χ3n) is 3.91. The molecule has 0 unspecified atom stereocenters. The number of halogens is 2. The summed E-state index contributed by atoms with van der Waals surface area (Å²) in [7, 11) is -0.693. The van der Waals surface area contributed by atoms with E-state index in [0.717, 1.165) is 4.31 Å². The second-order valence-electron chi connectivity index (χ2n) is 5.65. The Morgan fingerprint density at radius 2 is 1.80 bits per heavy atom. The van der Waals surface area contributed by atoms with Gasteiger partial charge in [0.15, 0.2) is 6.29 Å². The smallest absolute Gasteiger partial charge is 0.242 e. The van der Waals surface area contributed by atoms with Crippen molar-refractivity contribution in [2.75, 3.05) is 14.1 Å². The third kappa shape index (κ3) is 3.06. The predicted molar refractivity (Wildman–Crippen MR) is 100 cm³/mol. The summed E-state index contributed by atoms with van der Waals surface area (Å²) < 4.78 is 25.8. The van der Waals surface area contributed by atoms with Crippen LogP contribution < -0.4 is 0 Å². The van der Waals surface area contributed by atoms with E-state index in [1.165, 1.54) is 26.2 Å². The van der Waals surface area contributed by atoms with E-state index in [9.17, 15) is 13.2 Å². The Morgan fingerprint density at radius 1 is 1.08 bits per heavy atom. The summed E-state index contributed by atoms with van der Waals surface area (Å²) in [6, 6.07) is 9.57. The molecule has 130 valence electrons. The van der Waals surface area contributed by atoms with E-state index in [2.05, 4.69) is 4.98 Å². The highest BCUT2D eigenvalue weighted by Crippen LogP contribution is 2.35. The van der Waals surface area contributed by atoms with Gasteiger partial charge in [0.1, 0.15) is 0 Å². The Balaban J connectivity index is 2.28. The number of H-pyrrole nitrogens is 1. The molecule has 0 bridgehead atoms. The molecule has 0 amide bonds. The van der Waals surface area contributed by atoms with Crippen molar-refractivity contribution in [2.45, 2.75) is 4.90 Å². The molecule has 2 aromatic carbocycles. The molecule has 0 radical (unpaired) electrons. The quantitative estimate of drug-likeness (QED) is 0.671. The van der Waals surface area contributed by atoms with E-state index in [-0.39, 0.29) is 4.90 Å². The fraction of sp³-hybridized carbons (Fsp3) is 0.118. The van der Waals surface area contributed by atoms with Crippen molar-refractivity contribution in [3.63, 3.8) is 0 Å². The van der Waals surface area contributed by atoms with Gasteiger partial charge < -0.3 is 4.98 Å². The Bertz CT molecular complexity index is 1090. The van der Waals surface area contributed by atoms with Crippen molar-refractivity contribution in [3.05, 3.63) is 52.0 Å². The highest BCUT2D eigenvalue weighted by molar-refractivity contribution is 7.89. The molecule has 0 aliphatic heterocycles. The molecule has 0 aliphatic carbocycles. The van der Waals surface area contributed by atoms with E-state index in [4.69, 9.17) is 23.2 Å². The molecule has 0 saturated heterocycles. The SMILES string of the molecule is CN(C)S(=O)(=O)c1ccc2[nH]c(-c3ccc(Cl)cc3Cl)c(C=O)c2c1. The molecular formula is C17H14Cl2N2O3S. The molecular weight excluding hydrogens is 383 g/mol. The predicted octanol–water partition coefficient (Wildman–Crippen LogP) is 4.20. The van der Waals surface area contributed by atoms with E-state index in [1.807, 2.05) is 0 Å². The largest absolute Gasteiger partial charge is 0.354 e. The molecule has 8 heteroatoms. The molecule has 0 fully saturated rings. The Labute approximate surface area is 155 Å². The zero-order valence-electron chi connectivity index (χ0n) is 13.4. The van der Waals surface area contributed by atoms with E-state index in [1.54, 1.807) is 24.3 Å². The van der Waals surface area contributed by atoms with Crippen molar-refractivity contribution < 1.29 is 13.2 Å². The van der Waals surface area contributed by atoms with E-state index >= 15 is 0 Å². The Hall–Kier alpha value is -1.86. The number of nitrogens with one attached hydrogen (secondary N) is 1. The van der Waals surface area contributed by atoms with Crippen LogP contribution in [0.4, 0.5) is 0 Å². The number of rotatable bonds is 4. The van der Waals surface area contributed by atoms with Crippen molar-refractivity contribution in [3.8, 4) is 11.3 Å². The van der Waals surface area contributed by atoms with Crippen LogP contribution in [-0.4, -0.2) is 38.1 Å². The minimum absolute atomic E-state index is 0.112. The number of fused-ring (bicyclic) bond motifs is 1. The molecule has 1 aromatic heterocycles. The van der Waals surface area contributed by atoms with Crippen molar-refractivity contribution in [1.82, 2.24) is 9.29 Å². The average molecular weight is 397 g/mol. The lowest BCUT2D eigenvalue weighted by Gasteiger charge is -2.11. The Morgan fingerprint density at radius 3 is 2.40 bits per heavy atom. The van der Waals surface area contributed by atoms with Crippen LogP contribution in [-0.2, 0) is 10.0 Å². The first-order valence-electron chi connectivity index (χ1n) is 7.24. The summed E-state index contributed by atoms with van der Waals surface area (Å²) in [6.07, 6.45) is 0.686. The van der Waals surface area contributed by atoms with Crippen LogP contribution in [0.25, 0.3) is 22.2 Å². The molecule has 0 saturated carbocycles. The summed E-state index contributed by atoms with van der Waals surface area (Å²) in [4.78, 5) is 14.9. The first-order valence-corrected chi connectivity index (χ1v) is 9.44. The van der Waals surface area contributed by atoms with Crippen molar-refractivity contribution in [1.29, 1.82) is 0 Å². The molecule has 3 rings (SSSR count). The van der Waals surface area contributed by atoms with E-state index in [0.29, 0.717) is 44.1 Å². The first-order chi connectivity index (χ1) is 11.8. The van der Waals surface area contributed by atoms with E-state index < -0.39 is 10.0 Å². The molecule has 1 heterocycles. The number of nitrogens with zero attached hydrogens (tertiary/aromatic N) is 1. The summed E-state index contributed by atoms with van der Waals surface area (Å²) in [5.41, 5.74) is 2.11. The van der Waals surface area contributed by atoms with Crippen LogP contribution in [0.5, 0.6) is 0 Å². The van der Waals surface area contributed by atoms with Crippen molar-refractivity contribution >= 4 is 50.4 Å². The minimum Gasteiger partial charge on any atom is -0.354 e. The van der Waals surface area contributed by atoms with Crippen LogP contribution in [0.3, 0.4) is 0 Å². The highest BCUT2D eigenvalue weighted by Gasteiger charge is 2.21. The van der Waals surface area contributed by atoms with Gasteiger partial charge in [-0.3, -0.25) is 4.79 Å². The maximum absolute atomic E-state index is 12.3.